The molecule has 2 heterocycles. The van der Waals surface area contributed by atoms with Gasteiger partial charge in [0.05, 0.1) is 6.20 Å². The van der Waals surface area contributed by atoms with E-state index in [1.807, 2.05) is 49.3 Å². The number of aryl methyl sites for hydroxylation is 2. The first-order chi connectivity index (χ1) is 13.5. The summed E-state index contributed by atoms with van der Waals surface area (Å²) in [6, 6.07) is 7.76. The molecule has 1 atom stereocenters. The molecule has 0 bridgehead atoms. The second kappa shape index (κ2) is 10.4. The van der Waals surface area contributed by atoms with Crippen LogP contribution in [0.25, 0.3) is 0 Å². The number of nitrogens with zero attached hydrogens (tertiary/aromatic N) is 3. The van der Waals surface area contributed by atoms with Crippen molar-refractivity contribution >= 4 is 24.2 Å². The molecule has 0 spiro atoms. The average molecular weight is 420 g/mol. The van der Waals surface area contributed by atoms with Gasteiger partial charge in [0.25, 0.3) is 0 Å². The summed E-state index contributed by atoms with van der Waals surface area (Å²) < 4.78 is 1.69. The van der Waals surface area contributed by atoms with Crippen molar-refractivity contribution in [1.29, 1.82) is 0 Å². The van der Waals surface area contributed by atoms with Gasteiger partial charge in [-0.2, -0.15) is 5.10 Å². The second-order valence-electron chi connectivity index (χ2n) is 7.47. The van der Waals surface area contributed by atoms with E-state index in [0.717, 1.165) is 11.1 Å². The van der Waals surface area contributed by atoms with Crippen LogP contribution in [-0.2, 0) is 23.2 Å². The number of halogens is 1. The number of benzene rings is 1. The van der Waals surface area contributed by atoms with Crippen LogP contribution in [0.4, 0.5) is 0 Å². The van der Waals surface area contributed by atoms with E-state index in [2.05, 4.69) is 15.7 Å². The summed E-state index contributed by atoms with van der Waals surface area (Å²) in [4.78, 5) is 27.2. The summed E-state index contributed by atoms with van der Waals surface area (Å²) in [5.74, 6) is 0.0695. The quantitative estimate of drug-likeness (QED) is 0.750. The number of likely N-dealkylation sites (tertiary alicyclic amines) is 1. The van der Waals surface area contributed by atoms with Crippen molar-refractivity contribution in [3.05, 3.63) is 53.3 Å². The third kappa shape index (κ3) is 5.81. The van der Waals surface area contributed by atoms with Gasteiger partial charge < -0.3 is 15.5 Å². The highest BCUT2D eigenvalue weighted by molar-refractivity contribution is 5.85. The fourth-order valence-corrected chi connectivity index (χ4v) is 3.61. The number of aromatic nitrogens is 2. The lowest BCUT2D eigenvalue weighted by atomic mass is 9.95. The number of nitrogens with one attached hydrogen (secondary N) is 2. The Morgan fingerprint density at radius 3 is 2.41 bits per heavy atom. The van der Waals surface area contributed by atoms with Crippen LogP contribution in [0.15, 0.2) is 36.7 Å². The van der Waals surface area contributed by atoms with Crippen molar-refractivity contribution in [2.24, 2.45) is 13.0 Å². The van der Waals surface area contributed by atoms with Crippen molar-refractivity contribution in [2.45, 2.75) is 32.4 Å². The highest BCUT2D eigenvalue weighted by atomic mass is 35.5. The van der Waals surface area contributed by atoms with E-state index in [1.54, 1.807) is 17.9 Å². The molecule has 1 aromatic carbocycles. The molecule has 0 saturated carbocycles. The Morgan fingerprint density at radius 2 is 1.86 bits per heavy atom. The zero-order valence-electron chi connectivity index (χ0n) is 17.2. The van der Waals surface area contributed by atoms with Crippen LogP contribution in [0.5, 0.6) is 0 Å². The highest BCUT2D eigenvalue weighted by Gasteiger charge is 2.31. The monoisotopic (exact) mass is 419 g/mol. The first-order valence-corrected chi connectivity index (χ1v) is 9.75. The Hall–Kier alpha value is -2.38. The third-order valence-electron chi connectivity index (χ3n) is 5.36. The molecule has 1 fully saturated rings. The van der Waals surface area contributed by atoms with Gasteiger partial charge >= 0.3 is 0 Å². The maximum atomic E-state index is 12.9. The van der Waals surface area contributed by atoms with Crippen LogP contribution >= 0.6 is 12.4 Å². The summed E-state index contributed by atoms with van der Waals surface area (Å²) in [6.45, 7) is 3.78. The Balaban J connectivity index is 0.00000300. The molecule has 0 aliphatic carbocycles. The number of likely N-dealkylation sites (N-methyl/N-ethyl adjacent to an activating group) is 1. The first-order valence-electron chi connectivity index (χ1n) is 9.75. The molecule has 2 amide bonds. The lowest BCUT2D eigenvalue weighted by Gasteiger charge is -2.33. The van der Waals surface area contributed by atoms with E-state index < -0.39 is 6.04 Å². The van der Waals surface area contributed by atoms with Crippen LogP contribution in [0.3, 0.4) is 0 Å². The molecule has 7 nitrogen and oxygen atoms in total. The van der Waals surface area contributed by atoms with Gasteiger partial charge in [0, 0.05) is 44.4 Å². The fourth-order valence-electron chi connectivity index (χ4n) is 3.61. The average Bonchev–Trinajstić information content (AvgIpc) is 3.14. The van der Waals surface area contributed by atoms with Gasteiger partial charge in [0.15, 0.2) is 0 Å². The Kier molecular flexibility index (Phi) is 8.22. The van der Waals surface area contributed by atoms with Crippen molar-refractivity contribution in [3.8, 4) is 0 Å². The van der Waals surface area contributed by atoms with E-state index >= 15 is 0 Å². The molecular formula is C21H30ClN5O2. The van der Waals surface area contributed by atoms with E-state index in [-0.39, 0.29) is 30.1 Å². The molecule has 8 heteroatoms. The minimum atomic E-state index is -0.402. The van der Waals surface area contributed by atoms with Gasteiger partial charge in [-0.1, -0.05) is 29.8 Å². The molecular weight excluding hydrogens is 390 g/mol. The van der Waals surface area contributed by atoms with Crippen LogP contribution in [0.1, 0.15) is 35.6 Å². The minimum absolute atomic E-state index is 0. The maximum Gasteiger partial charge on any atom is 0.244 e. The number of rotatable bonds is 6. The SMILES string of the molecule is CNC(C(=O)N1CCC(C(=O)NCc2ccc(C)cc2)CC1)c1cnn(C)c1.Cl. The summed E-state index contributed by atoms with van der Waals surface area (Å²) in [7, 11) is 3.61. The van der Waals surface area contributed by atoms with Crippen LogP contribution < -0.4 is 10.6 Å². The normalized spacial score (nSPS) is 15.5. The molecule has 1 saturated heterocycles. The third-order valence-corrected chi connectivity index (χ3v) is 5.36. The predicted octanol–water partition coefficient (Wildman–Crippen LogP) is 1.97. The van der Waals surface area contributed by atoms with Crippen molar-refractivity contribution in [3.63, 3.8) is 0 Å². The van der Waals surface area contributed by atoms with Crippen LogP contribution in [0.2, 0.25) is 0 Å². The molecule has 2 aromatic rings. The second-order valence-corrected chi connectivity index (χ2v) is 7.47. The number of piperidine rings is 1. The predicted molar refractivity (Wildman–Crippen MR) is 115 cm³/mol. The van der Waals surface area contributed by atoms with E-state index in [4.69, 9.17) is 0 Å². The molecule has 1 aliphatic heterocycles. The Bertz CT molecular complexity index is 813. The van der Waals surface area contributed by atoms with Crippen molar-refractivity contribution in [2.75, 3.05) is 20.1 Å². The molecule has 1 aromatic heterocycles. The van der Waals surface area contributed by atoms with Crippen molar-refractivity contribution in [1.82, 2.24) is 25.3 Å². The summed E-state index contributed by atoms with van der Waals surface area (Å²) in [5, 5.41) is 10.3. The van der Waals surface area contributed by atoms with Gasteiger partial charge in [0.1, 0.15) is 6.04 Å². The summed E-state index contributed by atoms with van der Waals surface area (Å²) >= 11 is 0. The maximum absolute atomic E-state index is 12.9. The minimum Gasteiger partial charge on any atom is -0.352 e. The summed E-state index contributed by atoms with van der Waals surface area (Å²) in [6.07, 6.45) is 4.94. The number of amides is 2. The van der Waals surface area contributed by atoms with Gasteiger partial charge in [0.2, 0.25) is 11.8 Å². The van der Waals surface area contributed by atoms with Gasteiger partial charge in [-0.15, -0.1) is 12.4 Å². The number of carbonyl (C=O) groups is 2. The van der Waals surface area contributed by atoms with Gasteiger partial charge in [-0.05, 0) is 32.4 Å². The number of hydrogen-bond donors (Lipinski definition) is 2. The highest BCUT2D eigenvalue weighted by Crippen LogP contribution is 2.22. The molecule has 2 N–H and O–H groups in total. The molecule has 3 rings (SSSR count). The van der Waals surface area contributed by atoms with Gasteiger partial charge in [-0.25, -0.2) is 0 Å². The van der Waals surface area contributed by atoms with Gasteiger partial charge in [-0.3, -0.25) is 14.3 Å². The zero-order chi connectivity index (χ0) is 20.1. The number of hydrogen-bond acceptors (Lipinski definition) is 4. The lowest BCUT2D eigenvalue weighted by Crippen LogP contribution is -2.46. The Morgan fingerprint density at radius 1 is 1.21 bits per heavy atom. The smallest absolute Gasteiger partial charge is 0.244 e. The summed E-state index contributed by atoms with van der Waals surface area (Å²) in [5.41, 5.74) is 3.16. The molecule has 1 unspecified atom stereocenters. The first kappa shape index (κ1) is 22.9. The fraction of sp³-hybridized carbons (Fsp3) is 0.476. The molecule has 1 aliphatic rings. The van der Waals surface area contributed by atoms with E-state index in [9.17, 15) is 9.59 Å². The molecule has 0 radical (unpaired) electrons. The standard InChI is InChI=1S/C21H29N5O2.ClH/c1-15-4-6-16(7-5-15)12-23-20(27)17-8-10-26(11-9-17)21(28)19(22-2)18-13-24-25(3)14-18;/h4-7,13-14,17,19,22H,8-12H2,1-3H3,(H,23,27);1H. The Labute approximate surface area is 178 Å². The topological polar surface area (TPSA) is 79.3 Å². The van der Waals surface area contributed by atoms with E-state index in [1.165, 1.54) is 5.56 Å². The molecule has 29 heavy (non-hydrogen) atoms. The van der Waals surface area contributed by atoms with E-state index in [0.29, 0.717) is 32.5 Å². The zero-order valence-corrected chi connectivity index (χ0v) is 18.0. The van der Waals surface area contributed by atoms with Crippen LogP contribution in [0, 0.1) is 12.8 Å². The molecule has 158 valence electrons. The van der Waals surface area contributed by atoms with Crippen LogP contribution in [-0.4, -0.2) is 46.6 Å². The number of carbonyl (C=O) groups excluding carboxylic acids is 2. The largest absolute Gasteiger partial charge is 0.352 e. The lowest BCUT2D eigenvalue weighted by molar-refractivity contribution is -0.137. The van der Waals surface area contributed by atoms with Crippen molar-refractivity contribution < 1.29 is 9.59 Å².